The maximum Gasteiger partial charge on any atom is 0.293 e. The monoisotopic (exact) mass is 431 g/mol. The van der Waals surface area contributed by atoms with Crippen molar-refractivity contribution in [2.24, 2.45) is 0 Å². The third-order valence-electron chi connectivity index (χ3n) is 3.89. The molecular formula is C20H18BrNO3S. The molecule has 134 valence electrons. The van der Waals surface area contributed by atoms with Gasteiger partial charge in [0, 0.05) is 6.54 Å². The van der Waals surface area contributed by atoms with Crippen molar-refractivity contribution in [3.8, 4) is 5.75 Å². The SMILES string of the molecule is CCOc1ccc(/C=C2\SC(=O)N(CCc3ccccc3)C2=O)cc1Br. The number of carbonyl (C=O) groups excluding carboxylic acids is 2. The van der Waals surface area contributed by atoms with Crippen molar-refractivity contribution in [2.45, 2.75) is 13.3 Å². The molecule has 0 aliphatic carbocycles. The van der Waals surface area contributed by atoms with Gasteiger partial charge in [0.15, 0.2) is 0 Å². The minimum Gasteiger partial charge on any atom is -0.493 e. The van der Waals surface area contributed by atoms with Crippen LogP contribution in [-0.4, -0.2) is 29.2 Å². The fourth-order valence-electron chi connectivity index (χ4n) is 2.61. The first kappa shape index (κ1) is 18.7. The Morgan fingerprint density at radius 3 is 2.62 bits per heavy atom. The van der Waals surface area contributed by atoms with E-state index in [-0.39, 0.29) is 11.1 Å². The lowest BCUT2D eigenvalue weighted by Crippen LogP contribution is -2.30. The van der Waals surface area contributed by atoms with E-state index in [1.165, 1.54) is 4.90 Å². The molecule has 0 radical (unpaired) electrons. The van der Waals surface area contributed by atoms with Gasteiger partial charge >= 0.3 is 0 Å². The van der Waals surface area contributed by atoms with Gasteiger partial charge in [0.1, 0.15) is 5.75 Å². The smallest absolute Gasteiger partial charge is 0.293 e. The van der Waals surface area contributed by atoms with Crippen LogP contribution >= 0.6 is 27.7 Å². The number of rotatable bonds is 6. The Morgan fingerprint density at radius 2 is 1.92 bits per heavy atom. The first-order chi connectivity index (χ1) is 12.6. The molecule has 0 atom stereocenters. The Morgan fingerprint density at radius 1 is 1.15 bits per heavy atom. The zero-order valence-electron chi connectivity index (χ0n) is 14.3. The van der Waals surface area contributed by atoms with Gasteiger partial charge in [0.25, 0.3) is 11.1 Å². The molecule has 4 nitrogen and oxygen atoms in total. The lowest BCUT2D eigenvalue weighted by molar-refractivity contribution is -0.122. The highest BCUT2D eigenvalue weighted by molar-refractivity contribution is 9.10. The Labute approximate surface area is 165 Å². The summed E-state index contributed by atoms with van der Waals surface area (Å²) < 4.78 is 6.30. The van der Waals surface area contributed by atoms with Gasteiger partial charge in [0.05, 0.1) is 16.0 Å². The summed E-state index contributed by atoms with van der Waals surface area (Å²) in [5, 5.41) is -0.220. The summed E-state index contributed by atoms with van der Waals surface area (Å²) >= 11 is 4.45. The van der Waals surface area contributed by atoms with Crippen molar-refractivity contribution in [1.82, 2.24) is 4.90 Å². The molecule has 6 heteroatoms. The summed E-state index contributed by atoms with van der Waals surface area (Å²) in [5.74, 6) is 0.515. The number of hydrogen-bond donors (Lipinski definition) is 0. The lowest BCUT2D eigenvalue weighted by Gasteiger charge is -2.12. The number of nitrogens with zero attached hydrogens (tertiary/aromatic N) is 1. The van der Waals surface area contributed by atoms with Crippen molar-refractivity contribution in [3.63, 3.8) is 0 Å². The fraction of sp³-hybridized carbons (Fsp3) is 0.200. The maximum absolute atomic E-state index is 12.6. The zero-order valence-corrected chi connectivity index (χ0v) is 16.7. The number of imide groups is 1. The van der Waals surface area contributed by atoms with Gasteiger partial charge in [-0.15, -0.1) is 0 Å². The van der Waals surface area contributed by atoms with Gasteiger partial charge in [-0.1, -0.05) is 36.4 Å². The molecule has 1 aliphatic rings. The summed E-state index contributed by atoms with van der Waals surface area (Å²) in [5.41, 5.74) is 1.94. The molecule has 2 aromatic rings. The molecule has 0 saturated carbocycles. The van der Waals surface area contributed by atoms with Crippen molar-refractivity contribution < 1.29 is 14.3 Å². The van der Waals surface area contributed by atoms with Crippen LogP contribution < -0.4 is 4.74 Å². The summed E-state index contributed by atoms with van der Waals surface area (Å²) in [6, 6.07) is 15.4. The molecule has 1 saturated heterocycles. The van der Waals surface area contributed by atoms with Crippen molar-refractivity contribution in [3.05, 3.63) is 69.0 Å². The molecule has 1 heterocycles. The van der Waals surface area contributed by atoms with Gasteiger partial charge in [-0.2, -0.15) is 0 Å². The molecule has 1 fully saturated rings. The Bertz CT molecular complexity index is 851. The van der Waals surface area contributed by atoms with Crippen LogP contribution in [0.15, 0.2) is 57.9 Å². The fourth-order valence-corrected chi connectivity index (χ4v) is 3.99. The van der Waals surface area contributed by atoms with E-state index in [1.807, 2.05) is 55.5 Å². The third-order valence-corrected chi connectivity index (χ3v) is 5.42. The molecule has 1 aliphatic heterocycles. The summed E-state index contributed by atoms with van der Waals surface area (Å²) in [4.78, 5) is 26.5. The molecule has 0 spiro atoms. The van der Waals surface area contributed by atoms with Crippen LogP contribution in [0.3, 0.4) is 0 Å². The lowest BCUT2D eigenvalue weighted by atomic mass is 10.1. The topological polar surface area (TPSA) is 46.6 Å². The van der Waals surface area contributed by atoms with E-state index in [4.69, 9.17) is 4.74 Å². The van der Waals surface area contributed by atoms with E-state index in [0.29, 0.717) is 24.5 Å². The Kier molecular flexibility index (Phi) is 6.16. The van der Waals surface area contributed by atoms with E-state index in [9.17, 15) is 9.59 Å². The number of amides is 2. The minimum absolute atomic E-state index is 0.220. The predicted octanol–water partition coefficient (Wildman–Crippen LogP) is 5.13. The van der Waals surface area contributed by atoms with Crippen molar-refractivity contribution in [2.75, 3.05) is 13.2 Å². The highest BCUT2D eigenvalue weighted by atomic mass is 79.9. The van der Waals surface area contributed by atoms with E-state index in [0.717, 1.165) is 33.1 Å². The molecule has 0 aromatic heterocycles. The average molecular weight is 432 g/mol. The maximum atomic E-state index is 12.6. The molecule has 26 heavy (non-hydrogen) atoms. The van der Waals surface area contributed by atoms with E-state index < -0.39 is 0 Å². The molecule has 2 aromatic carbocycles. The van der Waals surface area contributed by atoms with Crippen LogP contribution in [0.25, 0.3) is 6.08 Å². The number of ether oxygens (including phenoxy) is 1. The van der Waals surface area contributed by atoms with Gasteiger partial charge in [-0.05, 0) is 70.4 Å². The van der Waals surface area contributed by atoms with Gasteiger partial charge in [-0.3, -0.25) is 14.5 Å². The first-order valence-electron chi connectivity index (χ1n) is 8.30. The van der Waals surface area contributed by atoms with Crippen LogP contribution in [0.1, 0.15) is 18.1 Å². The van der Waals surface area contributed by atoms with Gasteiger partial charge in [-0.25, -0.2) is 0 Å². The quantitative estimate of drug-likeness (QED) is 0.594. The highest BCUT2D eigenvalue weighted by Crippen LogP contribution is 2.34. The standard InChI is InChI=1S/C20H18BrNO3S/c1-2-25-17-9-8-15(12-16(17)21)13-18-19(23)22(20(24)26-18)11-10-14-6-4-3-5-7-14/h3-9,12-13H,2,10-11H2,1H3/b18-13-. The average Bonchev–Trinajstić information content (AvgIpc) is 2.90. The molecule has 0 unspecified atom stereocenters. The molecule has 0 N–H and O–H groups in total. The largest absolute Gasteiger partial charge is 0.493 e. The van der Waals surface area contributed by atoms with Crippen molar-refractivity contribution >= 4 is 44.9 Å². The third kappa shape index (κ3) is 4.37. The number of hydrogen-bond acceptors (Lipinski definition) is 4. The number of halogens is 1. The van der Waals surface area contributed by atoms with Gasteiger partial charge < -0.3 is 4.74 Å². The number of thioether (sulfide) groups is 1. The van der Waals surface area contributed by atoms with Crippen LogP contribution in [0.2, 0.25) is 0 Å². The second-order valence-corrected chi connectivity index (χ2v) is 7.54. The first-order valence-corrected chi connectivity index (χ1v) is 9.91. The summed E-state index contributed by atoms with van der Waals surface area (Å²) in [6.07, 6.45) is 2.40. The normalized spacial score (nSPS) is 15.8. The second-order valence-electron chi connectivity index (χ2n) is 5.69. The number of carbonyl (C=O) groups is 2. The van der Waals surface area contributed by atoms with Gasteiger partial charge in [0.2, 0.25) is 0 Å². The van der Waals surface area contributed by atoms with Crippen LogP contribution in [0.4, 0.5) is 4.79 Å². The van der Waals surface area contributed by atoms with Crippen LogP contribution in [0.5, 0.6) is 5.75 Å². The Hall–Kier alpha value is -2.05. The molecular weight excluding hydrogens is 414 g/mol. The zero-order chi connectivity index (χ0) is 18.5. The van der Waals surface area contributed by atoms with E-state index in [1.54, 1.807) is 6.08 Å². The minimum atomic E-state index is -0.235. The highest BCUT2D eigenvalue weighted by Gasteiger charge is 2.34. The van der Waals surface area contributed by atoms with Crippen LogP contribution in [-0.2, 0) is 11.2 Å². The summed E-state index contributed by atoms with van der Waals surface area (Å²) in [6.45, 7) is 2.89. The predicted molar refractivity (Wildman–Crippen MR) is 108 cm³/mol. The van der Waals surface area contributed by atoms with Crippen molar-refractivity contribution in [1.29, 1.82) is 0 Å². The molecule has 0 bridgehead atoms. The van der Waals surface area contributed by atoms with E-state index in [2.05, 4.69) is 15.9 Å². The number of benzene rings is 2. The second kappa shape index (κ2) is 8.56. The Balaban J connectivity index is 1.71. The molecule has 3 rings (SSSR count). The van der Waals surface area contributed by atoms with Crippen LogP contribution in [0, 0.1) is 0 Å². The van der Waals surface area contributed by atoms with E-state index >= 15 is 0 Å². The summed E-state index contributed by atoms with van der Waals surface area (Å²) in [7, 11) is 0. The molecule has 2 amide bonds.